The van der Waals surface area contributed by atoms with Crippen molar-refractivity contribution >= 4 is 23.9 Å². The van der Waals surface area contributed by atoms with Gasteiger partial charge in [-0.2, -0.15) is 0 Å². The van der Waals surface area contributed by atoms with E-state index in [0.29, 0.717) is 36.0 Å². The van der Waals surface area contributed by atoms with E-state index in [-0.39, 0.29) is 5.76 Å². The van der Waals surface area contributed by atoms with Crippen molar-refractivity contribution in [3.05, 3.63) is 47.9 Å². The number of ether oxygens (including phenoxy) is 4. The van der Waals surface area contributed by atoms with E-state index in [1.54, 1.807) is 12.1 Å². The summed E-state index contributed by atoms with van der Waals surface area (Å²) in [6.07, 6.45) is 3.96. The largest absolute Gasteiger partial charge is 0.493 e. The van der Waals surface area contributed by atoms with Crippen LogP contribution in [-0.4, -0.2) is 44.7 Å². The number of rotatable bonds is 6. The summed E-state index contributed by atoms with van der Waals surface area (Å²) in [5.41, 5.74) is 4.85. The molecule has 0 spiro atoms. The highest BCUT2D eigenvalue weighted by atomic mass is 16.6. The molecule has 10 heteroatoms. The Balaban J connectivity index is 1.48. The highest BCUT2D eigenvalue weighted by molar-refractivity contribution is 5.93. The molecule has 1 aromatic carbocycles. The maximum Gasteiger partial charge on any atom is 0.331 e. The minimum Gasteiger partial charge on any atom is -0.493 e. The number of hydrogen-bond donors (Lipinski definition) is 2. The van der Waals surface area contributed by atoms with Gasteiger partial charge in [0.2, 0.25) is 5.75 Å². The minimum atomic E-state index is -0.744. The average Bonchev–Trinajstić information content (AvgIpc) is 3.29. The zero-order chi connectivity index (χ0) is 20.6. The molecule has 3 rings (SSSR count). The van der Waals surface area contributed by atoms with E-state index in [4.69, 9.17) is 23.4 Å². The number of carbonyl (C=O) groups excluding carboxylic acids is 3. The lowest BCUT2D eigenvalue weighted by atomic mass is 10.1. The van der Waals surface area contributed by atoms with Crippen molar-refractivity contribution in [2.24, 2.45) is 0 Å². The van der Waals surface area contributed by atoms with Crippen molar-refractivity contribution in [3.8, 4) is 17.2 Å². The van der Waals surface area contributed by atoms with E-state index in [1.807, 2.05) is 0 Å². The van der Waals surface area contributed by atoms with E-state index in [9.17, 15) is 14.4 Å². The molecule has 2 amide bonds. The van der Waals surface area contributed by atoms with Crippen LogP contribution in [0.2, 0.25) is 0 Å². The number of hydrazine groups is 1. The number of amides is 2. The summed E-state index contributed by atoms with van der Waals surface area (Å²) in [6.45, 7) is 0.262. The first kappa shape index (κ1) is 19.8. The van der Waals surface area contributed by atoms with Gasteiger partial charge < -0.3 is 23.4 Å². The molecule has 0 atom stereocenters. The van der Waals surface area contributed by atoms with Crippen molar-refractivity contribution in [1.82, 2.24) is 10.9 Å². The van der Waals surface area contributed by atoms with Crippen LogP contribution >= 0.6 is 0 Å². The number of hydrogen-bond acceptors (Lipinski definition) is 8. The fraction of sp³-hybridized carbons (Fsp3) is 0.211. The van der Waals surface area contributed by atoms with Crippen LogP contribution in [0.5, 0.6) is 17.2 Å². The van der Waals surface area contributed by atoms with Gasteiger partial charge in [0.05, 0.1) is 13.4 Å². The van der Waals surface area contributed by atoms with Crippen LogP contribution in [0.25, 0.3) is 6.08 Å². The predicted octanol–water partition coefficient (Wildman–Crippen LogP) is 1.08. The molecular weight excluding hydrogens is 384 g/mol. The third kappa shape index (κ3) is 5.28. The van der Waals surface area contributed by atoms with E-state index in [2.05, 4.69) is 10.9 Å². The summed E-state index contributed by atoms with van der Waals surface area (Å²) >= 11 is 0. The monoisotopic (exact) mass is 402 g/mol. The number of esters is 1. The molecule has 1 aliphatic rings. The smallest absolute Gasteiger partial charge is 0.331 e. The Morgan fingerprint density at radius 1 is 1.17 bits per heavy atom. The Labute approximate surface area is 165 Å². The van der Waals surface area contributed by atoms with Gasteiger partial charge in [0.25, 0.3) is 5.91 Å². The molecule has 0 saturated carbocycles. The van der Waals surface area contributed by atoms with Gasteiger partial charge >= 0.3 is 11.9 Å². The second-order valence-electron chi connectivity index (χ2n) is 5.67. The first-order chi connectivity index (χ1) is 14.1. The molecule has 2 N–H and O–H groups in total. The predicted molar refractivity (Wildman–Crippen MR) is 98.3 cm³/mol. The number of carbonyl (C=O) groups is 3. The van der Waals surface area contributed by atoms with Gasteiger partial charge in [-0.3, -0.25) is 20.4 Å². The zero-order valence-electron chi connectivity index (χ0n) is 15.4. The molecule has 0 bridgehead atoms. The third-order valence-electron chi connectivity index (χ3n) is 3.67. The van der Waals surface area contributed by atoms with Crippen LogP contribution < -0.4 is 25.1 Å². The van der Waals surface area contributed by atoms with Gasteiger partial charge in [-0.25, -0.2) is 4.79 Å². The Hall–Kier alpha value is -3.95. The second-order valence-corrected chi connectivity index (χ2v) is 5.67. The first-order valence-electron chi connectivity index (χ1n) is 8.52. The molecular formula is C19H18N2O8. The van der Waals surface area contributed by atoms with Crippen LogP contribution in [0.1, 0.15) is 16.1 Å². The Morgan fingerprint density at radius 3 is 2.76 bits per heavy atom. The standard InChI is InChI=1S/C19H18N2O8/c1-25-14-9-12(10-15-18(14)28-8-7-27-15)4-5-17(23)29-11-16(22)20-21-19(24)13-3-2-6-26-13/h2-6,9-10H,7-8,11H2,1H3,(H,20,22)(H,21,24)/b5-4+. The van der Waals surface area contributed by atoms with E-state index in [0.717, 1.165) is 6.08 Å². The van der Waals surface area contributed by atoms with Crippen molar-refractivity contribution in [1.29, 1.82) is 0 Å². The molecule has 10 nitrogen and oxygen atoms in total. The number of benzene rings is 1. The van der Waals surface area contributed by atoms with Gasteiger partial charge in [-0.1, -0.05) is 0 Å². The lowest BCUT2D eigenvalue weighted by molar-refractivity contribution is -0.144. The van der Waals surface area contributed by atoms with Crippen molar-refractivity contribution < 1.29 is 37.7 Å². The van der Waals surface area contributed by atoms with Gasteiger partial charge in [-0.15, -0.1) is 0 Å². The van der Waals surface area contributed by atoms with Crippen LogP contribution in [0.3, 0.4) is 0 Å². The number of furan rings is 1. The quantitative estimate of drug-likeness (QED) is 0.418. The molecule has 0 saturated heterocycles. The van der Waals surface area contributed by atoms with Crippen molar-refractivity contribution in [2.45, 2.75) is 0 Å². The molecule has 0 aliphatic carbocycles. The topological polar surface area (TPSA) is 125 Å². The molecule has 1 aromatic heterocycles. The Bertz CT molecular complexity index is 903. The molecule has 0 radical (unpaired) electrons. The van der Waals surface area contributed by atoms with Crippen LogP contribution in [0.4, 0.5) is 0 Å². The summed E-state index contributed by atoms with van der Waals surface area (Å²) in [6, 6.07) is 6.33. The summed E-state index contributed by atoms with van der Waals surface area (Å²) in [5, 5.41) is 0. The van der Waals surface area contributed by atoms with Gasteiger partial charge in [0.1, 0.15) is 13.2 Å². The number of methoxy groups -OCH3 is 1. The van der Waals surface area contributed by atoms with E-state index in [1.165, 1.54) is 31.6 Å². The summed E-state index contributed by atoms with van der Waals surface area (Å²) in [4.78, 5) is 35.0. The molecule has 0 unspecified atom stereocenters. The summed E-state index contributed by atoms with van der Waals surface area (Å²) in [5.74, 6) is -0.579. The molecule has 1 aliphatic heterocycles. The average molecular weight is 402 g/mol. The van der Waals surface area contributed by atoms with E-state index >= 15 is 0 Å². The van der Waals surface area contributed by atoms with Crippen LogP contribution in [0.15, 0.2) is 41.0 Å². The Kier molecular flexibility index (Phi) is 6.36. The molecule has 29 heavy (non-hydrogen) atoms. The second kappa shape index (κ2) is 9.31. The zero-order valence-corrected chi connectivity index (χ0v) is 15.4. The van der Waals surface area contributed by atoms with E-state index < -0.39 is 24.4 Å². The van der Waals surface area contributed by atoms with Crippen LogP contribution in [-0.2, 0) is 14.3 Å². The third-order valence-corrected chi connectivity index (χ3v) is 3.67. The number of fused-ring (bicyclic) bond motifs is 1. The maximum absolute atomic E-state index is 11.8. The highest BCUT2D eigenvalue weighted by Gasteiger charge is 2.18. The SMILES string of the molecule is COc1cc(/C=C/C(=O)OCC(=O)NNC(=O)c2ccco2)cc2c1OCCO2. The summed E-state index contributed by atoms with van der Waals surface area (Å²) in [7, 11) is 1.50. The minimum absolute atomic E-state index is 0.0279. The van der Waals surface area contributed by atoms with Gasteiger partial charge in [0, 0.05) is 6.08 Å². The van der Waals surface area contributed by atoms with Crippen molar-refractivity contribution in [3.63, 3.8) is 0 Å². The van der Waals surface area contributed by atoms with Gasteiger partial charge in [-0.05, 0) is 35.9 Å². The fourth-order valence-corrected chi connectivity index (χ4v) is 2.37. The molecule has 2 heterocycles. The lowest BCUT2D eigenvalue weighted by Gasteiger charge is -2.20. The summed E-state index contributed by atoms with van der Waals surface area (Å²) < 4.78 is 26.0. The Morgan fingerprint density at radius 2 is 2.00 bits per heavy atom. The number of nitrogens with one attached hydrogen (secondary N) is 2. The molecule has 0 fully saturated rings. The fourth-order valence-electron chi connectivity index (χ4n) is 2.37. The highest BCUT2D eigenvalue weighted by Crippen LogP contribution is 2.40. The maximum atomic E-state index is 11.8. The van der Waals surface area contributed by atoms with Crippen molar-refractivity contribution in [2.75, 3.05) is 26.9 Å². The normalized spacial score (nSPS) is 12.3. The first-order valence-corrected chi connectivity index (χ1v) is 8.52. The van der Waals surface area contributed by atoms with Crippen LogP contribution in [0, 0.1) is 0 Å². The molecule has 152 valence electrons. The molecule has 2 aromatic rings. The van der Waals surface area contributed by atoms with Gasteiger partial charge in [0.15, 0.2) is 23.9 Å². The lowest BCUT2D eigenvalue weighted by Crippen LogP contribution is -2.43.